The summed E-state index contributed by atoms with van der Waals surface area (Å²) in [6.45, 7) is 3.33. The van der Waals surface area contributed by atoms with E-state index in [0.717, 1.165) is 10.9 Å². The number of carbonyl (C=O) groups is 2. The summed E-state index contributed by atoms with van der Waals surface area (Å²) in [5.41, 5.74) is 0.686. The highest BCUT2D eigenvalue weighted by atomic mass is 32.2. The highest BCUT2D eigenvalue weighted by Crippen LogP contribution is 2.23. The van der Waals surface area contributed by atoms with Crippen LogP contribution in [0.15, 0.2) is 33.5 Å². The molecular weight excluding hydrogens is 358 g/mol. The minimum atomic E-state index is -1.08. The van der Waals surface area contributed by atoms with E-state index in [4.69, 9.17) is 9.15 Å². The molecule has 0 aliphatic rings. The molecule has 0 spiro atoms. The average molecular weight is 379 g/mol. The fourth-order valence-corrected chi connectivity index (χ4v) is 2.89. The number of amides is 1. The van der Waals surface area contributed by atoms with Gasteiger partial charge in [0.15, 0.2) is 6.10 Å². The van der Waals surface area contributed by atoms with E-state index in [0.29, 0.717) is 23.5 Å². The molecule has 2 atom stereocenters. The van der Waals surface area contributed by atoms with Crippen LogP contribution in [0.3, 0.4) is 0 Å². The van der Waals surface area contributed by atoms with E-state index in [-0.39, 0.29) is 0 Å². The maximum Gasteiger partial charge on any atom is 0.336 e. The average Bonchev–Trinajstić information content (AvgIpc) is 2.57. The van der Waals surface area contributed by atoms with Crippen LogP contribution >= 0.6 is 11.8 Å². The Kier molecular flexibility index (Phi) is 6.68. The first-order chi connectivity index (χ1) is 12.3. The summed E-state index contributed by atoms with van der Waals surface area (Å²) >= 11 is 1.51. The Labute approximate surface area is 154 Å². The van der Waals surface area contributed by atoms with Crippen molar-refractivity contribution >= 4 is 34.6 Å². The van der Waals surface area contributed by atoms with E-state index < -0.39 is 29.6 Å². The zero-order valence-electron chi connectivity index (χ0n) is 14.8. The number of nitrogens with one attached hydrogen (secondary N) is 1. The van der Waals surface area contributed by atoms with Crippen molar-refractivity contribution in [1.82, 2.24) is 5.32 Å². The van der Waals surface area contributed by atoms with Crippen LogP contribution in [0.4, 0.5) is 0 Å². The second-order valence-electron chi connectivity index (χ2n) is 5.85. The van der Waals surface area contributed by atoms with E-state index in [2.05, 4.69) is 5.32 Å². The summed E-state index contributed by atoms with van der Waals surface area (Å²) in [6.07, 6.45) is 1.29. The van der Waals surface area contributed by atoms with Crippen molar-refractivity contribution in [1.29, 1.82) is 0 Å². The van der Waals surface area contributed by atoms with Crippen LogP contribution in [-0.2, 0) is 9.59 Å². The maximum absolute atomic E-state index is 12.2. The molecule has 0 saturated heterocycles. The normalized spacial score (nSPS) is 13.2. The number of benzene rings is 1. The van der Waals surface area contributed by atoms with E-state index in [1.165, 1.54) is 30.8 Å². The van der Waals surface area contributed by atoms with E-state index in [1.54, 1.807) is 19.1 Å². The number of carboxylic acid groups (broad SMARTS) is 1. The number of aliphatic carboxylic acids is 1. The van der Waals surface area contributed by atoms with Gasteiger partial charge in [-0.3, -0.25) is 4.79 Å². The summed E-state index contributed by atoms with van der Waals surface area (Å²) in [5.74, 6) is -0.632. The molecule has 7 nitrogen and oxygen atoms in total. The van der Waals surface area contributed by atoms with Crippen molar-refractivity contribution in [2.45, 2.75) is 32.4 Å². The SMILES string of the molecule is CSCC[C@H](NC(=O)[C@@H](C)Oc1ccc2c(C)cc(=O)oc2c1)C(=O)O. The highest BCUT2D eigenvalue weighted by molar-refractivity contribution is 7.98. The van der Waals surface area contributed by atoms with Gasteiger partial charge in [0.05, 0.1) is 0 Å². The molecule has 2 rings (SSSR count). The summed E-state index contributed by atoms with van der Waals surface area (Å²) < 4.78 is 10.7. The lowest BCUT2D eigenvalue weighted by Crippen LogP contribution is -2.46. The van der Waals surface area contributed by atoms with Crippen molar-refractivity contribution in [2.75, 3.05) is 12.0 Å². The minimum Gasteiger partial charge on any atom is -0.481 e. The zero-order valence-corrected chi connectivity index (χ0v) is 15.6. The first kappa shape index (κ1) is 19.8. The lowest BCUT2D eigenvalue weighted by molar-refractivity contribution is -0.142. The number of carboxylic acids is 1. The predicted octanol–water partition coefficient (Wildman–Crippen LogP) is 2.19. The van der Waals surface area contributed by atoms with Gasteiger partial charge >= 0.3 is 11.6 Å². The molecule has 26 heavy (non-hydrogen) atoms. The predicted molar refractivity (Wildman–Crippen MR) is 99.9 cm³/mol. The third-order valence-corrected chi connectivity index (χ3v) is 4.47. The van der Waals surface area contributed by atoms with Gasteiger partial charge in [-0.15, -0.1) is 0 Å². The van der Waals surface area contributed by atoms with Gasteiger partial charge in [0, 0.05) is 17.5 Å². The van der Waals surface area contributed by atoms with Gasteiger partial charge in [-0.1, -0.05) is 0 Å². The Morgan fingerprint density at radius 3 is 2.73 bits per heavy atom. The second kappa shape index (κ2) is 8.75. The molecule has 0 aliphatic carbocycles. The van der Waals surface area contributed by atoms with Crippen molar-refractivity contribution < 1.29 is 23.8 Å². The molecule has 1 aromatic carbocycles. The Morgan fingerprint density at radius 2 is 2.08 bits per heavy atom. The summed E-state index contributed by atoms with van der Waals surface area (Å²) in [6, 6.07) is 5.39. The monoisotopic (exact) mass is 379 g/mol. The molecule has 1 aromatic heterocycles. The van der Waals surface area contributed by atoms with Crippen molar-refractivity contribution in [3.8, 4) is 5.75 Å². The van der Waals surface area contributed by atoms with Gasteiger partial charge in [0.25, 0.3) is 5.91 Å². The van der Waals surface area contributed by atoms with Gasteiger partial charge in [-0.25, -0.2) is 9.59 Å². The number of hydrogen-bond donors (Lipinski definition) is 2. The first-order valence-electron chi connectivity index (χ1n) is 8.05. The molecule has 0 bridgehead atoms. The molecule has 0 saturated carbocycles. The second-order valence-corrected chi connectivity index (χ2v) is 6.83. The van der Waals surface area contributed by atoms with Crippen molar-refractivity contribution in [2.24, 2.45) is 0 Å². The molecule has 1 amide bonds. The van der Waals surface area contributed by atoms with Crippen LogP contribution in [0.25, 0.3) is 11.0 Å². The van der Waals surface area contributed by atoms with E-state index >= 15 is 0 Å². The number of carbonyl (C=O) groups excluding carboxylic acids is 1. The van der Waals surface area contributed by atoms with E-state index in [9.17, 15) is 19.5 Å². The number of thioether (sulfide) groups is 1. The fraction of sp³-hybridized carbons (Fsp3) is 0.389. The van der Waals surface area contributed by atoms with Crippen LogP contribution in [-0.4, -0.2) is 41.1 Å². The third kappa shape index (κ3) is 5.01. The molecule has 140 valence electrons. The van der Waals surface area contributed by atoms with Crippen molar-refractivity contribution in [3.05, 3.63) is 40.2 Å². The Hall–Kier alpha value is -2.48. The molecule has 0 radical (unpaired) electrons. The van der Waals surface area contributed by atoms with Crippen LogP contribution in [0, 0.1) is 6.92 Å². The lowest BCUT2D eigenvalue weighted by atomic mass is 10.1. The number of hydrogen-bond acceptors (Lipinski definition) is 6. The zero-order chi connectivity index (χ0) is 19.3. The Morgan fingerprint density at radius 1 is 1.35 bits per heavy atom. The van der Waals surface area contributed by atoms with Gasteiger partial charge < -0.3 is 19.6 Å². The molecule has 2 aromatic rings. The molecule has 1 heterocycles. The van der Waals surface area contributed by atoms with Crippen LogP contribution < -0.4 is 15.7 Å². The van der Waals surface area contributed by atoms with Gasteiger partial charge in [0.2, 0.25) is 0 Å². The molecule has 2 N–H and O–H groups in total. The fourth-order valence-electron chi connectivity index (χ4n) is 2.42. The van der Waals surface area contributed by atoms with Gasteiger partial charge in [0.1, 0.15) is 17.4 Å². The number of rotatable bonds is 8. The maximum atomic E-state index is 12.2. The van der Waals surface area contributed by atoms with Crippen LogP contribution in [0.1, 0.15) is 18.9 Å². The molecule has 0 aliphatic heterocycles. The number of fused-ring (bicyclic) bond motifs is 1. The summed E-state index contributed by atoms with van der Waals surface area (Å²) in [4.78, 5) is 34.9. The van der Waals surface area contributed by atoms with Crippen LogP contribution in [0.2, 0.25) is 0 Å². The number of aryl methyl sites for hydroxylation is 1. The quantitative estimate of drug-likeness (QED) is 0.677. The van der Waals surface area contributed by atoms with Crippen molar-refractivity contribution in [3.63, 3.8) is 0 Å². The van der Waals surface area contributed by atoms with Gasteiger partial charge in [-0.2, -0.15) is 11.8 Å². The molecule has 8 heteroatoms. The smallest absolute Gasteiger partial charge is 0.336 e. The first-order valence-corrected chi connectivity index (χ1v) is 9.44. The molecule has 0 unspecified atom stereocenters. The topological polar surface area (TPSA) is 106 Å². The largest absolute Gasteiger partial charge is 0.481 e. The van der Waals surface area contributed by atoms with Crippen LogP contribution in [0.5, 0.6) is 5.75 Å². The standard InChI is InChI=1S/C18H21NO6S/c1-10-8-16(20)25-15-9-12(4-5-13(10)15)24-11(2)17(21)19-14(18(22)23)6-7-26-3/h4-5,8-9,11,14H,6-7H2,1-3H3,(H,19,21)(H,22,23)/t11-,14+/m1/s1. The Balaban J connectivity index is 2.09. The number of ether oxygens (including phenoxy) is 1. The summed E-state index contributed by atoms with van der Waals surface area (Å²) in [7, 11) is 0. The Bertz CT molecular complexity index is 862. The summed E-state index contributed by atoms with van der Waals surface area (Å²) in [5, 5.41) is 12.4. The third-order valence-electron chi connectivity index (χ3n) is 3.83. The lowest BCUT2D eigenvalue weighted by Gasteiger charge is -2.18. The van der Waals surface area contributed by atoms with Gasteiger partial charge in [-0.05, 0) is 50.0 Å². The minimum absolute atomic E-state index is 0.329. The molecular formula is C18H21NO6S. The molecule has 0 fully saturated rings. The highest BCUT2D eigenvalue weighted by Gasteiger charge is 2.23. The van der Waals surface area contributed by atoms with E-state index in [1.807, 2.05) is 6.26 Å².